The van der Waals surface area contributed by atoms with Gasteiger partial charge in [0.05, 0.1) is 24.3 Å². The second-order valence-corrected chi connectivity index (χ2v) is 6.11. The van der Waals surface area contributed by atoms with Gasteiger partial charge in [0.2, 0.25) is 0 Å². The first-order chi connectivity index (χ1) is 10.7. The van der Waals surface area contributed by atoms with Gasteiger partial charge in [0.15, 0.2) is 11.1 Å². The van der Waals surface area contributed by atoms with Gasteiger partial charge in [-0.15, -0.1) is 0 Å². The molecule has 0 aliphatic rings. The number of nitriles is 2. The third kappa shape index (κ3) is 28.0. The Hall–Kier alpha value is -2.23. The van der Waals surface area contributed by atoms with Crippen molar-refractivity contribution in [1.82, 2.24) is 0 Å². The van der Waals surface area contributed by atoms with E-state index in [1.807, 2.05) is 39.8 Å². The fraction of sp³-hybridized carbons (Fsp3) is 0.800. The smallest absolute Gasteiger partial charge is 0.450 e. The van der Waals surface area contributed by atoms with E-state index >= 15 is 0 Å². The maximum absolute atomic E-state index is 8.58. The summed E-state index contributed by atoms with van der Waals surface area (Å²) < 4.78 is 0. The van der Waals surface area contributed by atoms with E-state index in [-0.39, 0.29) is 12.2 Å². The van der Waals surface area contributed by atoms with Crippen LogP contribution in [0.15, 0.2) is 10.2 Å². The van der Waals surface area contributed by atoms with Gasteiger partial charge in [-0.3, -0.25) is 0 Å². The average molecular weight is 344 g/mol. The van der Waals surface area contributed by atoms with Crippen LogP contribution in [0.4, 0.5) is 4.79 Å². The van der Waals surface area contributed by atoms with E-state index in [2.05, 4.69) is 10.2 Å². The van der Waals surface area contributed by atoms with Crippen molar-refractivity contribution in [2.75, 3.05) is 0 Å². The predicted octanol–water partition coefficient (Wildman–Crippen LogP) is 4.02. The Morgan fingerprint density at radius 1 is 0.875 bits per heavy atom. The maximum atomic E-state index is 8.58. The maximum Gasteiger partial charge on any atom is 0.503 e. The summed E-state index contributed by atoms with van der Waals surface area (Å²) in [7, 11) is 0. The van der Waals surface area contributed by atoms with Gasteiger partial charge in [0.25, 0.3) is 0 Å². The lowest BCUT2D eigenvalue weighted by Crippen LogP contribution is -2.17. The van der Waals surface area contributed by atoms with E-state index < -0.39 is 17.2 Å². The van der Waals surface area contributed by atoms with E-state index in [0.717, 1.165) is 0 Å². The highest BCUT2D eigenvalue weighted by molar-refractivity contribution is 5.53. The van der Waals surface area contributed by atoms with Gasteiger partial charge < -0.3 is 10.2 Å². The summed E-state index contributed by atoms with van der Waals surface area (Å²) in [4.78, 5) is 18.2. The van der Waals surface area contributed by atoms with Crippen LogP contribution >= 0.6 is 0 Å². The van der Waals surface area contributed by atoms with Crippen molar-refractivity contribution in [1.29, 1.82) is 10.5 Å². The molecule has 0 unspecified atom stereocenters. The summed E-state index contributed by atoms with van der Waals surface area (Å²) in [5.41, 5.74) is -1.68. The fourth-order valence-corrected chi connectivity index (χ4v) is 0.517. The molecule has 9 heteroatoms. The molecule has 138 valence electrons. The lowest BCUT2D eigenvalue weighted by molar-refractivity contribution is -0.337. The summed E-state index contributed by atoms with van der Waals surface area (Å²) in [5, 5.41) is 38.6. The molecule has 0 radical (unpaired) electrons. The van der Waals surface area contributed by atoms with E-state index in [1.54, 1.807) is 27.7 Å². The number of carboxylic acid groups (broad SMARTS) is 2. The second kappa shape index (κ2) is 13.2. The molecule has 0 atom stereocenters. The highest BCUT2D eigenvalue weighted by Gasteiger charge is 2.19. The molecule has 0 aliphatic carbocycles. The van der Waals surface area contributed by atoms with Crippen molar-refractivity contribution < 1.29 is 24.8 Å². The Balaban J connectivity index is -0.000000316. The zero-order valence-electron chi connectivity index (χ0n) is 15.6. The summed E-state index contributed by atoms with van der Waals surface area (Å²) in [6.45, 7) is 14.3. The lowest BCUT2D eigenvalue weighted by Gasteiger charge is -2.11. The van der Waals surface area contributed by atoms with E-state index in [0.29, 0.717) is 0 Å². The quantitative estimate of drug-likeness (QED) is 0.434. The zero-order chi connectivity index (χ0) is 20.0. The Labute approximate surface area is 143 Å². The van der Waals surface area contributed by atoms with Crippen LogP contribution < -0.4 is 0 Å². The highest BCUT2D eigenvalue weighted by Crippen LogP contribution is 2.13. The van der Waals surface area contributed by atoms with Crippen molar-refractivity contribution in [2.45, 2.75) is 78.7 Å². The zero-order valence-corrected chi connectivity index (χ0v) is 15.6. The molecule has 0 rings (SSSR count). The third-order valence-corrected chi connectivity index (χ3v) is 1.54. The Morgan fingerprint density at radius 2 is 1.08 bits per heavy atom. The molecule has 0 spiro atoms. The number of carbonyl (C=O) groups is 1. The topological polar surface area (TPSA) is 148 Å². The minimum Gasteiger partial charge on any atom is -0.450 e. The van der Waals surface area contributed by atoms with Crippen LogP contribution in [-0.4, -0.2) is 39.7 Å². The first-order valence-corrected chi connectivity index (χ1v) is 7.19. The van der Waals surface area contributed by atoms with E-state index in [9.17, 15) is 0 Å². The minimum absolute atomic E-state index is 0.164. The molecule has 0 bridgehead atoms. The molecule has 9 nitrogen and oxygen atoms in total. The molecule has 0 saturated heterocycles. The van der Waals surface area contributed by atoms with Crippen LogP contribution in [0.25, 0.3) is 0 Å². The monoisotopic (exact) mass is 344 g/mol. The molecule has 0 fully saturated rings. The normalized spacial score (nSPS) is 11.0. The van der Waals surface area contributed by atoms with Gasteiger partial charge in [-0.05, 0) is 55.4 Å². The number of azo groups is 1. The fourth-order valence-electron chi connectivity index (χ4n) is 0.517. The summed E-state index contributed by atoms with van der Waals surface area (Å²) in [6, 6.07) is 3.94. The molecule has 2 N–H and O–H groups in total. The van der Waals surface area contributed by atoms with Crippen LogP contribution in [-0.2, 0) is 9.78 Å². The lowest BCUT2D eigenvalue weighted by atomic mass is 10.1. The SMILES string of the molecule is CC(C)(C#N)N=NC(C)(C)C#N.CC(C)OOC(C)C.O=C(O)O. The van der Waals surface area contributed by atoms with Gasteiger partial charge in [-0.25, -0.2) is 14.6 Å². The molecule has 0 aromatic rings. The van der Waals surface area contributed by atoms with Crippen LogP contribution in [0.2, 0.25) is 0 Å². The van der Waals surface area contributed by atoms with E-state index in [4.69, 9.17) is 35.3 Å². The standard InChI is InChI=1S/C8H12N4.C6H14O2.CH2O3/c1-7(2,5-9)11-12-8(3,4)6-10;1-5(2)7-8-6(3)4;2-1(3)4/h1-4H3;5-6H,1-4H3;(H2,2,3,4). The minimum atomic E-state index is -1.83. The van der Waals surface area contributed by atoms with Crippen molar-refractivity contribution in [3.8, 4) is 12.1 Å². The average Bonchev–Trinajstić information content (AvgIpc) is 2.43. The Bertz CT molecular complexity index is 419. The number of nitrogens with zero attached hydrogens (tertiary/aromatic N) is 4. The molecule has 0 aromatic carbocycles. The predicted molar refractivity (Wildman–Crippen MR) is 87.3 cm³/mol. The van der Waals surface area contributed by atoms with Gasteiger partial charge in [-0.1, -0.05) is 0 Å². The molecule has 0 aromatic heterocycles. The number of rotatable bonds is 5. The molecule has 0 heterocycles. The highest BCUT2D eigenvalue weighted by atomic mass is 17.2. The Morgan fingerprint density at radius 3 is 1.21 bits per heavy atom. The van der Waals surface area contributed by atoms with Gasteiger partial charge in [0, 0.05) is 0 Å². The van der Waals surface area contributed by atoms with Crippen molar-refractivity contribution in [3.63, 3.8) is 0 Å². The largest absolute Gasteiger partial charge is 0.503 e. The summed E-state index contributed by atoms with van der Waals surface area (Å²) >= 11 is 0. The third-order valence-electron chi connectivity index (χ3n) is 1.54. The van der Waals surface area contributed by atoms with E-state index in [1.165, 1.54) is 0 Å². The number of hydrogen-bond acceptors (Lipinski definition) is 7. The molecular weight excluding hydrogens is 316 g/mol. The van der Waals surface area contributed by atoms with Crippen molar-refractivity contribution in [2.24, 2.45) is 10.2 Å². The molecule has 24 heavy (non-hydrogen) atoms. The Kier molecular flexibility index (Phi) is 14.7. The summed E-state index contributed by atoms with van der Waals surface area (Å²) in [6.07, 6.45) is -1.50. The molecular formula is C15H28N4O5. The van der Waals surface area contributed by atoms with Crippen molar-refractivity contribution in [3.05, 3.63) is 0 Å². The van der Waals surface area contributed by atoms with Gasteiger partial charge >= 0.3 is 6.16 Å². The van der Waals surface area contributed by atoms with Gasteiger partial charge in [-0.2, -0.15) is 20.8 Å². The molecule has 0 amide bonds. The second-order valence-electron chi connectivity index (χ2n) is 6.11. The van der Waals surface area contributed by atoms with Crippen LogP contribution in [0.1, 0.15) is 55.4 Å². The number of hydrogen-bond donors (Lipinski definition) is 2. The van der Waals surface area contributed by atoms with Gasteiger partial charge in [0.1, 0.15) is 0 Å². The summed E-state index contributed by atoms with van der Waals surface area (Å²) in [5.74, 6) is 0. The molecule has 0 saturated carbocycles. The van der Waals surface area contributed by atoms with Crippen LogP contribution in [0, 0.1) is 22.7 Å². The van der Waals surface area contributed by atoms with Crippen LogP contribution in [0.5, 0.6) is 0 Å². The first kappa shape index (κ1) is 26.7. The molecule has 0 aliphatic heterocycles. The van der Waals surface area contributed by atoms with Crippen LogP contribution in [0.3, 0.4) is 0 Å². The first-order valence-electron chi connectivity index (χ1n) is 7.19. The van der Waals surface area contributed by atoms with Crippen molar-refractivity contribution >= 4 is 6.16 Å².